The molecule has 1 aromatic heterocycles. The van der Waals surface area contributed by atoms with E-state index < -0.39 is 0 Å². The number of nitrogens with zero attached hydrogens (tertiary/aromatic N) is 3. The SMILES string of the molecule is CC1=NN(C)C(=O)C1C.Cc1cn[nH]c1C.II. The summed E-state index contributed by atoms with van der Waals surface area (Å²) in [6, 6.07) is 0. The predicted octanol–water partition coefficient (Wildman–Crippen LogP) is 3.27. The second-order valence-electron chi connectivity index (χ2n) is 4.00. The zero-order chi connectivity index (χ0) is 14.3. The first-order valence-corrected chi connectivity index (χ1v) is 11.7. The highest BCUT2D eigenvalue weighted by molar-refractivity contribution is 15.0. The van der Waals surface area contributed by atoms with Crippen LogP contribution in [-0.4, -0.2) is 33.9 Å². The summed E-state index contributed by atoms with van der Waals surface area (Å²) < 4.78 is 0. The molecule has 0 aliphatic carbocycles. The topological polar surface area (TPSA) is 61.4 Å². The Hall–Kier alpha value is -0.190. The van der Waals surface area contributed by atoms with Crippen LogP contribution in [0, 0.1) is 19.8 Å². The third-order valence-electron chi connectivity index (χ3n) is 2.71. The van der Waals surface area contributed by atoms with Crippen LogP contribution in [0.25, 0.3) is 0 Å². The number of rotatable bonds is 0. The number of aryl methyl sites for hydroxylation is 2. The maximum Gasteiger partial charge on any atom is 0.250 e. The molecule has 5 nitrogen and oxygen atoms in total. The van der Waals surface area contributed by atoms with E-state index in [0.717, 1.165) is 11.4 Å². The van der Waals surface area contributed by atoms with Gasteiger partial charge < -0.3 is 0 Å². The smallest absolute Gasteiger partial charge is 0.250 e. The average Bonchev–Trinajstić information content (AvgIpc) is 2.83. The maximum absolute atomic E-state index is 10.9. The highest BCUT2D eigenvalue weighted by Gasteiger charge is 2.26. The zero-order valence-electron chi connectivity index (χ0n) is 11.2. The predicted molar refractivity (Wildman–Crippen MR) is 91.1 cm³/mol. The van der Waals surface area contributed by atoms with E-state index in [0.29, 0.717) is 0 Å². The lowest BCUT2D eigenvalue weighted by Gasteiger charge is -2.02. The molecule has 1 aromatic rings. The van der Waals surface area contributed by atoms with Gasteiger partial charge in [-0.2, -0.15) is 10.2 Å². The summed E-state index contributed by atoms with van der Waals surface area (Å²) in [5, 5.41) is 12.0. The molecule has 1 aliphatic heterocycles. The van der Waals surface area contributed by atoms with Crippen molar-refractivity contribution in [3.63, 3.8) is 0 Å². The van der Waals surface area contributed by atoms with Crippen LogP contribution in [0.4, 0.5) is 0 Å². The number of halogens is 2. The molecule has 1 atom stereocenters. The molecule has 0 aromatic carbocycles. The standard InChI is InChI=1S/C6H10N2O.C5H8N2.I2/c1-4-5(2)7-8(3)6(4)9;1-4-3-6-7-5(4)2;1-2/h4H,1-3H3;3H,1-2H3,(H,6,7);. The zero-order valence-corrected chi connectivity index (χ0v) is 15.5. The van der Waals surface area contributed by atoms with Crippen LogP contribution in [0.3, 0.4) is 0 Å². The minimum Gasteiger partial charge on any atom is -0.283 e. The third-order valence-corrected chi connectivity index (χ3v) is 2.71. The lowest BCUT2D eigenvalue weighted by atomic mass is 10.1. The largest absolute Gasteiger partial charge is 0.283 e. The van der Waals surface area contributed by atoms with Crippen LogP contribution < -0.4 is 0 Å². The highest BCUT2D eigenvalue weighted by Crippen LogP contribution is 2.11. The van der Waals surface area contributed by atoms with Crippen molar-refractivity contribution in [3.05, 3.63) is 17.5 Å². The fourth-order valence-corrected chi connectivity index (χ4v) is 1.24. The Morgan fingerprint density at radius 2 is 1.89 bits per heavy atom. The summed E-state index contributed by atoms with van der Waals surface area (Å²) in [6.07, 6.45) is 1.81. The number of hydrogen-bond acceptors (Lipinski definition) is 3. The van der Waals surface area contributed by atoms with Crippen LogP contribution in [0.1, 0.15) is 25.1 Å². The Morgan fingerprint density at radius 1 is 1.33 bits per heavy atom. The van der Waals surface area contributed by atoms with Gasteiger partial charge in [-0.15, -0.1) is 0 Å². The highest BCUT2D eigenvalue weighted by atomic mass is 128. The van der Waals surface area contributed by atoms with Gasteiger partial charge in [0.1, 0.15) is 0 Å². The van der Waals surface area contributed by atoms with Crippen molar-refractivity contribution in [2.24, 2.45) is 11.0 Å². The first-order valence-electron chi connectivity index (χ1n) is 5.37. The minimum absolute atomic E-state index is 0.00463. The molecule has 1 aliphatic rings. The monoisotopic (exact) mass is 476 g/mol. The third kappa shape index (κ3) is 5.21. The van der Waals surface area contributed by atoms with Gasteiger partial charge in [-0.3, -0.25) is 9.89 Å². The Bertz CT molecular complexity index is 400. The fourth-order valence-electron chi connectivity index (χ4n) is 1.24. The number of aromatic amines is 1. The fraction of sp³-hybridized carbons (Fsp3) is 0.545. The molecule has 7 heteroatoms. The molecule has 102 valence electrons. The van der Waals surface area contributed by atoms with Gasteiger partial charge in [-0.1, -0.05) is 0 Å². The molecular formula is C11H18I2N4O. The van der Waals surface area contributed by atoms with E-state index in [-0.39, 0.29) is 11.8 Å². The van der Waals surface area contributed by atoms with E-state index in [1.54, 1.807) is 7.05 Å². The van der Waals surface area contributed by atoms with Crippen molar-refractivity contribution >= 4 is 48.9 Å². The number of amides is 1. The first-order chi connectivity index (χ1) is 8.43. The Morgan fingerprint density at radius 3 is 2.00 bits per heavy atom. The van der Waals surface area contributed by atoms with Gasteiger partial charge in [0, 0.05) is 55.7 Å². The number of carbonyl (C=O) groups is 1. The Labute approximate surface area is 131 Å². The molecular weight excluding hydrogens is 458 g/mol. The minimum atomic E-state index is -0.00463. The summed E-state index contributed by atoms with van der Waals surface area (Å²) in [7, 11) is 1.68. The summed E-state index contributed by atoms with van der Waals surface area (Å²) in [6.45, 7) is 7.76. The number of hydrogen-bond donors (Lipinski definition) is 1. The molecule has 1 unspecified atom stereocenters. The van der Waals surface area contributed by atoms with Crippen LogP contribution >= 0.6 is 37.2 Å². The lowest BCUT2D eigenvalue weighted by molar-refractivity contribution is -0.130. The van der Waals surface area contributed by atoms with Gasteiger partial charge in [0.2, 0.25) is 0 Å². The molecule has 0 fully saturated rings. The molecule has 1 amide bonds. The van der Waals surface area contributed by atoms with E-state index in [1.165, 1.54) is 10.6 Å². The number of aromatic nitrogens is 2. The average molecular weight is 476 g/mol. The van der Waals surface area contributed by atoms with Crippen LogP contribution in [-0.2, 0) is 4.79 Å². The van der Waals surface area contributed by atoms with E-state index in [2.05, 4.69) is 52.5 Å². The normalized spacial score (nSPS) is 17.5. The molecule has 0 saturated heterocycles. The summed E-state index contributed by atoms with van der Waals surface area (Å²) in [5.74, 6) is 0.0856. The van der Waals surface area contributed by atoms with Gasteiger partial charge in [0.15, 0.2) is 0 Å². The number of carbonyl (C=O) groups excluding carboxylic acids is 1. The Balaban J connectivity index is 0.000000289. The van der Waals surface area contributed by atoms with Crippen molar-refractivity contribution < 1.29 is 4.79 Å². The van der Waals surface area contributed by atoms with Crippen molar-refractivity contribution in [2.45, 2.75) is 27.7 Å². The molecule has 0 radical (unpaired) electrons. The van der Waals surface area contributed by atoms with E-state index in [4.69, 9.17) is 0 Å². The molecule has 18 heavy (non-hydrogen) atoms. The van der Waals surface area contributed by atoms with Crippen molar-refractivity contribution in [1.29, 1.82) is 0 Å². The van der Waals surface area contributed by atoms with Gasteiger partial charge in [0.25, 0.3) is 5.91 Å². The van der Waals surface area contributed by atoms with E-state index >= 15 is 0 Å². The van der Waals surface area contributed by atoms with Crippen LogP contribution in [0.5, 0.6) is 0 Å². The molecule has 2 heterocycles. The number of nitrogens with one attached hydrogen (secondary N) is 1. The van der Waals surface area contributed by atoms with Crippen molar-refractivity contribution in [3.8, 4) is 0 Å². The summed E-state index contributed by atoms with van der Waals surface area (Å²) >= 11 is 4.24. The first kappa shape index (κ1) is 17.8. The molecule has 0 saturated carbocycles. The van der Waals surface area contributed by atoms with Gasteiger partial charge >= 0.3 is 0 Å². The summed E-state index contributed by atoms with van der Waals surface area (Å²) in [4.78, 5) is 10.9. The second kappa shape index (κ2) is 8.83. The molecule has 2 rings (SSSR count). The molecule has 0 spiro atoms. The van der Waals surface area contributed by atoms with Crippen LogP contribution in [0.2, 0.25) is 0 Å². The van der Waals surface area contributed by atoms with E-state index in [1.807, 2.05) is 33.9 Å². The quantitative estimate of drug-likeness (QED) is 0.585. The van der Waals surface area contributed by atoms with E-state index in [9.17, 15) is 4.79 Å². The van der Waals surface area contributed by atoms with Gasteiger partial charge in [-0.05, 0) is 33.3 Å². The maximum atomic E-state index is 10.9. The van der Waals surface area contributed by atoms with Gasteiger partial charge in [0.05, 0.1) is 12.1 Å². The van der Waals surface area contributed by atoms with Gasteiger partial charge in [-0.25, -0.2) is 5.01 Å². The Kier molecular flexibility index (Phi) is 8.74. The lowest BCUT2D eigenvalue weighted by Crippen LogP contribution is -2.21. The number of H-pyrrole nitrogens is 1. The second-order valence-corrected chi connectivity index (χ2v) is 4.00. The summed E-state index contributed by atoms with van der Waals surface area (Å²) in [5.41, 5.74) is 3.28. The number of hydrazone groups is 1. The molecule has 0 bridgehead atoms. The van der Waals surface area contributed by atoms with Crippen molar-refractivity contribution in [2.75, 3.05) is 7.05 Å². The molecule has 1 N–H and O–H groups in total. The van der Waals surface area contributed by atoms with Crippen molar-refractivity contribution in [1.82, 2.24) is 15.2 Å². The van der Waals surface area contributed by atoms with Crippen LogP contribution in [0.15, 0.2) is 11.3 Å².